The number of anilines is 1. The second-order valence-corrected chi connectivity index (χ2v) is 12.5. The van der Waals surface area contributed by atoms with Crippen molar-refractivity contribution < 1.29 is 33.6 Å². The van der Waals surface area contributed by atoms with Gasteiger partial charge in [-0.1, -0.05) is 72.8 Å². The van der Waals surface area contributed by atoms with E-state index in [1.54, 1.807) is 49.4 Å². The van der Waals surface area contributed by atoms with Crippen molar-refractivity contribution in [3.8, 4) is 11.5 Å². The molecule has 2 bridgehead atoms. The van der Waals surface area contributed by atoms with Crippen LogP contribution in [-0.4, -0.2) is 75.8 Å². The number of nitrogens with one attached hydrogen (secondary N) is 1. The van der Waals surface area contributed by atoms with Crippen LogP contribution in [0.2, 0.25) is 0 Å². The van der Waals surface area contributed by atoms with Crippen molar-refractivity contribution in [3.05, 3.63) is 144 Å². The van der Waals surface area contributed by atoms with Gasteiger partial charge >= 0.3 is 0 Å². The van der Waals surface area contributed by atoms with Gasteiger partial charge < -0.3 is 34.1 Å². The Kier molecular flexibility index (Phi) is 8.44. The number of benzene rings is 4. The van der Waals surface area contributed by atoms with Crippen molar-refractivity contribution in [2.75, 3.05) is 32.8 Å². The highest BCUT2D eigenvalue weighted by Crippen LogP contribution is 2.49. The Labute approximate surface area is 293 Å². The first kappa shape index (κ1) is 32.5. The van der Waals surface area contributed by atoms with E-state index >= 15 is 0 Å². The van der Waals surface area contributed by atoms with Crippen molar-refractivity contribution in [2.45, 2.75) is 29.6 Å². The molecular weight excluding hydrogens is 650 g/mol. The third-order valence-electron chi connectivity index (χ3n) is 9.61. The average molecular weight is 686 g/mol. The quantitative estimate of drug-likeness (QED) is 0.177. The molecule has 2 aliphatic heterocycles. The van der Waals surface area contributed by atoms with Crippen LogP contribution in [-0.2, 0) is 19.8 Å². The number of aliphatic hydroxyl groups is 1. The normalized spacial score (nSPS) is 21.1. The van der Waals surface area contributed by atoms with Crippen LogP contribution in [0.15, 0.2) is 122 Å². The molecule has 51 heavy (non-hydrogen) atoms. The van der Waals surface area contributed by atoms with E-state index in [1.165, 1.54) is 6.33 Å². The Bertz CT molecular complexity index is 2100. The molecule has 0 saturated carbocycles. The van der Waals surface area contributed by atoms with Crippen molar-refractivity contribution in [1.82, 2.24) is 19.5 Å². The molecule has 4 aromatic carbocycles. The van der Waals surface area contributed by atoms with Crippen molar-refractivity contribution in [2.24, 2.45) is 0 Å². The highest BCUT2D eigenvalue weighted by atomic mass is 16.7. The minimum Gasteiger partial charge on any atom is -0.497 e. The summed E-state index contributed by atoms with van der Waals surface area (Å²) in [5, 5.41) is 14.6. The van der Waals surface area contributed by atoms with Crippen molar-refractivity contribution in [3.63, 3.8) is 0 Å². The smallest absolute Gasteiger partial charge is 0.256 e. The van der Waals surface area contributed by atoms with Gasteiger partial charge in [0.05, 0.1) is 33.8 Å². The zero-order chi connectivity index (χ0) is 35.0. The summed E-state index contributed by atoms with van der Waals surface area (Å²) in [7, 11) is 3.25. The fraction of sp³-hybridized carbons (Fsp3) is 0.231. The molecule has 258 valence electrons. The molecule has 0 aliphatic carbocycles. The first-order chi connectivity index (χ1) is 25.0. The van der Waals surface area contributed by atoms with Crippen molar-refractivity contribution >= 4 is 22.9 Å². The fourth-order valence-electron chi connectivity index (χ4n) is 6.94. The molecule has 4 unspecified atom stereocenters. The van der Waals surface area contributed by atoms with Gasteiger partial charge in [-0.05, 0) is 53.1 Å². The van der Waals surface area contributed by atoms with Crippen LogP contribution in [0.4, 0.5) is 5.82 Å². The average Bonchev–Trinajstić information content (AvgIpc) is 3.85. The molecule has 2 N–H and O–H groups in total. The van der Waals surface area contributed by atoms with Crippen LogP contribution in [0.5, 0.6) is 11.5 Å². The Balaban J connectivity index is 1.14. The SMILES string of the molecule is COc1ccc(C(OCC23COC(C(n4cnc5c(NC(=O)c6ccccc6)ncnc54)O2)C3O)(c2ccccc2)c2ccc(OC)cc2)cc1. The molecule has 12 heteroatoms. The number of aromatic nitrogens is 4. The number of ether oxygens (including phenoxy) is 5. The number of hydrogen-bond donors (Lipinski definition) is 2. The number of imidazole rings is 1. The fourth-order valence-corrected chi connectivity index (χ4v) is 6.94. The van der Waals surface area contributed by atoms with Gasteiger partial charge in [-0.15, -0.1) is 0 Å². The van der Waals surface area contributed by atoms with Gasteiger partial charge in [0.2, 0.25) is 0 Å². The van der Waals surface area contributed by atoms with E-state index in [9.17, 15) is 9.90 Å². The molecule has 4 atom stereocenters. The number of nitrogens with zero attached hydrogens (tertiary/aromatic N) is 4. The molecule has 6 aromatic rings. The number of aliphatic hydroxyl groups excluding tert-OH is 1. The lowest BCUT2D eigenvalue weighted by Gasteiger charge is -2.39. The Morgan fingerprint density at radius 1 is 0.863 bits per heavy atom. The zero-order valence-corrected chi connectivity index (χ0v) is 27.9. The van der Waals surface area contributed by atoms with E-state index in [0.29, 0.717) is 28.2 Å². The van der Waals surface area contributed by atoms with E-state index in [2.05, 4.69) is 20.3 Å². The van der Waals surface area contributed by atoms with Gasteiger partial charge in [0.1, 0.15) is 41.2 Å². The van der Waals surface area contributed by atoms with Gasteiger partial charge in [-0.3, -0.25) is 9.36 Å². The third-order valence-corrected chi connectivity index (χ3v) is 9.61. The lowest BCUT2D eigenvalue weighted by atomic mass is 9.79. The maximum absolute atomic E-state index is 12.9. The maximum Gasteiger partial charge on any atom is 0.256 e. The summed E-state index contributed by atoms with van der Waals surface area (Å²) in [5.41, 5.74) is 1.46. The molecule has 0 spiro atoms. The van der Waals surface area contributed by atoms with E-state index in [-0.39, 0.29) is 24.9 Å². The van der Waals surface area contributed by atoms with Crippen LogP contribution >= 0.6 is 0 Å². The van der Waals surface area contributed by atoms with Gasteiger partial charge in [-0.2, -0.15) is 0 Å². The Morgan fingerprint density at radius 3 is 2.10 bits per heavy atom. The molecule has 2 aliphatic rings. The molecule has 8 rings (SSSR count). The molecule has 12 nitrogen and oxygen atoms in total. The van der Waals surface area contributed by atoms with Gasteiger partial charge in [-0.25, -0.2) is 15.0 Å². The number of amides is 1. The highest BCUT2D eigenvalue weighted by molar-refractivity contribution is 6.06. The monoisotopic (exact) mass is 685 g/mol. The number of rotatable bonds is 11. The van der Waals surface area contributed by atoms with E-state index in [4.69, 9.17) is 23.7 Å². The predicted octanol–water partition coefficient (Wildman–Crippen LogP) is 5.13. The molecule has 0 radical (unpaired) electrons. The van der Waals surface area contributed by atoms with E-state index in [1.807, 2.05) is 84.9 Å². The summed E-state index contributed by atoms with van der Waals surface area (Å²) in [5.74, 6) is 1.34. The van der Waals surface area contributed by atoms with E-state index < -0.39 is 29.6 Å². The molecule has 1 amide bonds. The van der Waals surface area contributed by atoms with Gasteiger partial charge in [0, 0.05) is 5.56 Å². The largest absolute Gasteiger partial charge is 0.497 e. The summed E-state index contributed by atoms with van der Waals surface area (Å²) < 4.78 is 32.7. The van der Waals surface area contributed by atoms with Crippen molar-refractivity contribution in [1.29, 1.82) is 0 Å². The molecule has 4 heterocycles. The molecule has 2 aromatic heterocycles. The summed E-state index contributed by atoms with van der Waals surface area (Å²) in [6.45, 7) is 0.0690. The maximum atomic E-state index is 12.9. The molecule has 2 saturated heterocycles. The summed E-state index contributed by atoms with van der Waals surface area (Å²) >= 11 is 0. The zero-order valence-electron chi connectivity index (χ0n) is 27.9. The first-order valence-electron chi connectivity index (χ1n) is 16.5. The van der Waals surface area contributed by atoms with Crippen LogP contribution < -0.4 is 14.8 Å². The van der Waals surface area contributed by atoms with Crippen LogP contribution in [0.3, 0.4) is 0 Å². The first-order valence-corrected chi connectivity index (χ1v) is 16.5. The molecule has 2 fully saturated rings. The van der Waals surface area contributed by atoms with Crippen LogP contribution in [0, 0.1) is 0 Å². The van der Waals surface area contributed by atoms with Crippen LogP contribution in [0.25, 0.3) is 11.2 Å². The second kappa shape index (κ2) is 13.2. The number of carbonyl (C=O) groups is 1. The van der Waals surface area contributed by atoms with Crippen LogP contribution in [0.1, 0.15) is 33.3 Å². The Hall–Kier alpha value is -5.66. The highest BCUT2D eigenvalue weighted by Gasteiger charge is 2.63. The summed E-state index contributed by atoms with van der Waals surface area (Å²) in [6.07, 6.45) is 0.331. The lowest BCUT2D eigenvalue weighted by Crippen LogP contribution is -2.48. The minimum atomic E-state index is -1.23. The predicted molar refractivity (Wildman–Crippen MR) is 187 cm³/mol. The van der Waals surface area contributed by atoms with Gasteiger partial charge in [0.15, 0.2) is 23.2 Å². The standard InChI is InChI=1S/C39H35N5O7/c1-47-29-17-13-27(14-18-29)39(26-11-7-4-8-12-26,28-15-19-30(48-2)20-16-28)50-22-38-21-49-32(33(38)45)37(51-38)44-24-42-31-34(40-23-41-35(31)44)43-36(46)25-9-5-3-6-10-25/h3-20,23-24,32-33,37,45H,21-22H2,1-2H3,(H,40,41,43,46). The summed E-state index contributed by atoms with van der Waals surface area (Å²) in [4.78, 5) is 26.2. The number of fused-ring (bicyclic) bond motifs is 3. The molecular formula is C39H35N5O7. The third kappa shape index (κ3) is 5.58. The minimum absolute atomic E-state index is 0.0336. The summed E-state index contributed by atoms with van der Waals surface area (Å²) in [6, 6.07) is 34.2. The number of carbonyl (C=O) groups excluding carboxylic acids is 1. The Morgan fingerprint density at radius 2 is 1.47 bits per heavy atom. The second-order valence-electron chi connectivity index (χ2n) is 12.5. The topological polar surface area (TPSA) is 139 Å². The lowest BCUT2D eigenvalue weighted by molar-refractivity contribution is -0.202. The van der Waals surface area contributed by atoms with Gasteiger partial charge in [0.25, 0.3) is 5.91 Å². The number of methoxy groups -OCH3 is 2. The number of hydrogen-bond acceptors (Lipinski definition) is 10. The van der Waals surface area contributed by atoms with E-state index in [0.717, 1.165) is 16.7 Å².